The van der Waals surface area contributed by atoms with Crippen LogP contribution in [0.2, 0.25) is 10.2 Å². The number of carbonyl (C=O) groups is 2. The molecular weight excluding hydrogens is 295 g/mol. The van der Waals surface area contributed by atoms with Gasteiger partial charge in [0.25, 0.3) is 5.91 Å². The van der Waals surface area contributed by atoms with Crippen LogP contribution in [0.4, 0.5) is 0 Å². The monoisotopic (exact) mass is 306 g/mol. The molecule has 0 bridgehead atoms. The van der Waals surface area contributed by atoms with Crippen molar-refractivity contribution in [3.05, 3.63) is 21.9 Å². The lowest BCUT2D eigenvalue weighted by Crippen LogP contribution is -2.63. The molecule has 0 aromatic carbocycles. The summed E-state index contributed by atoms with van der Waals surface area (Å²) < 4.78 is 5.22. The van der Waals surface area contributed by atoms with Crippen LogP contribution in [-0.4, -0.2) is 52.2 Å². The summed E-state index contributed by atoms with van der Waals surface area (Å²) >= 11 is 11.5. The summed E-state index contributed by atoms with van der Waals surface area (Å²) in [5.41, 5.74) is -0.316. The minimum absolute atomic E-state index is 0.218. The normalized spacial score (nSPS) is 17.1. The molecule has 0 radical (unpaired) electrons. The molecule has 1 saturated heterocycles. The molecule has 2 heterocycles. The molecule has 2 rings (SSSR count). The number of carboxylic acids is 1. The zero-order valence-electron chi connectivity index (χ0n) is 10.1. The summed E-state index contributed by atoms with van der Waals surface area (Å²) in [6.45, 7) is 2.04. The molecule has 2 N–H and O–H groups in total. The number of aromatic nitrogens is 1. The Bertz CT molecular complexity index is 503. The van der Waals surface area contributed by atoms with Crippen molar-refractivity contribution >= 4 is 35.1 Å². The fourth-order valence-electron chi connectivity index (χ4n) is 1.92. The third-order valence-electron chi connectivity index (χ3n) is 2.84. The number of nitrogens with zero attached hydrogens (tertiary/aromatic N) is 1. The van der Waals surface area contributed by atoms with Crippen LogP contribution >= 0.6 is 23.2 Å². The molecule has 8 heteroatoms. The summed E-state index contributed by atoms with van der Waals surface area (Å²) in [5.74, 6) is -1.28. The smallest absolute Gasteiger partial charge is 0.329 e. The van der Waals surface area contributed by atoms with Gasteiger partial charge < -0.3 is 19.7 Å². The summed E-state index contributed by atoms with van der Waals surface area (Å²) in [6, 6.07) is 1.46. The first kappa shape index (κ1) is 14.2. The molecule has 1 fully saturated rings. The van der Waals surface area contributed by atoms with E-state index in [1.54, 1.807) is 6.92 Å². The molecule has 1 aliphatic heterocycles. The lowest BCUT2D eigenvalue weighted by atomic mass is 9.96. The number of carboxylic acid groups (broad SMARTS) is 1. The number of nitrogens with one attached hydrogen (secondary N) is 1. The van der Waals surface area contributed by atoms with Crippen LogP contribution < -0.4 is 0 Å². The molecule has 1 aromatic rings. The number of carbonyl (C=O) groups excluding carboxylic acids is 1. The highest BCUT2D eigenvalue weighted by molar-refractivity contribution is 6.41. The highest BCUT2D eigenvalue weighted by Gasteiger charge is 2.43. The Balaban J connectivity index is 1.93. The Kier molecular flexibility index (Phi) is 3.75. The van der Waals surface area contributed by atoms with E-state index >= 15 is 0 Å². The van der Waals surface area contributed by atoms with E-state index in [9.17, 15) is 9.59 Å². The van der Waals surface area contributed by atoms with E-state index < -0.39 is 11.6 Å². The van der Waals surface area contributed by atoms with Crippen molar-refractivity contribution < 1.29 is 19.4 Å². The Hall–Kier alpha value is -1.24. The third-order valence-corrected chi connectivity index (χ3v) is 3.53. The van der Waals surface area contributed by atoms with Crippen LogP contribution in [0.15, 0.2) is 6.07 Å². The van der Waals surface area contributed by atoms with E-state index in [2.05, 4.69) is 4.98 Å². The van der Waals surface area contributed by atoms with Gasteiger partial charge in [0.2, 0.25) is 0 Å². The van der Waals surface area contributed by atoms with Gasteiger partial charge in [0.05, 0.1) is 18.1 Å². The summed E-state index contributed by atoms with van der Waals surface area (Å²) in [4.78, 5) is 26.7. The van der Waals surface area contributed by atoms with E-state index in [1.165, 1.54) is 11.0 Å². The number of hydrogen-bond donors (Lipinski definition) is 2. The first-order chi connectivity index (χ1) is 8.81. The molecule has 0 saturated carbocycles. The zero-order chi connectivity index (χ0) is 14.2. The van der Waals surface area contributed by atoms with Gasteiger partial charge in [-0.1, -0.05) is 23.2 Å². The number of amides is 1. The highest BCUT2D eigenvalue weighted by Crippen LogP contribution is 2.28. The standard InChI is InChI=1S/C11H12Cl2N2O4/c1-11(19-3-8(16)17)4-15(5-11)10(18)7-2-6(12)9(13)14-7/h2,14H,3-5H2,1H3,(H,16,17). The van der Waals surface area contributed by atoms with Crippen LogP contribution in [0, 0.1) is 0 Å². The van der Waals surface area contributed by atoms with Gasteiger partial charge in [0, 0.05) is 0 Å². The molecule has 19 heavy (non-hydrogen) atoms. The van der Waals surface area contributed by atoms with E-state index in [0.717, 1.165) is 0 Å². The molecule has 0 spiro atoms. The highest BCUT2D eigenvalue weighted by atomic mass is 35.5. The van der Waals surface area contributed by atoms with Crippen molar-refractivity contribution in [3.63, 3.8) is 0 Å². The Labute approximate surface area is 119 Å². The maximum absolute atomic E-state index is 12.0. The number of ether oxygens (including phenoxy) is 1. The maximum Gasteiger partial charge on any atom is 0.329 e. The molecule has 0 unspecified atom stereocenters. The van der Waals surface area contributed by atoms with Gasteiger partial charge in [-0.3, -0.25) is 4.79 Å². The van der Waals surface area contributed by atoms with Gasteiger partial charge in [0.1, 0.15) is 23.1 Å². The average Bonchev–Trinajstić information content (AvgIpc) is 2.62. The van der Waals surface area contributed by atoms with Crippen molar-refractivity contribution in [1.82, 2.24) is 9.88 Å². The average molecular weight is 307 g/mol. The number of aliphatic carboxylic acids is 1. The summed E-state index contributed by atoms with van der Waals surface area (Å²) in [5, 5.41) is 9.05. The predicted molar refractivity (Wildman–Crippen MR) is 68.7 cm³/mol. The molecule has 104 valence electrons. The Morgan fingerprint density at radius 3 is 2.63 bits per heavy atom. The van der Waals surface area contributed by atoms with E-state index in [1.807, 2.05) is 0 Å². The lowest BCUT2D eigenvalue weighted by Gasteiger charge is -2.47. The first-order valence-corrected chi connectivity index (χ1v) is 6.25. The van der Waals surface area contributed by atoms with Gasteiger partial charge in [0.15, 0.2) is 0 Å². The lowest BCUT2D eigenvalue weighted by molar-refractivity contribution is -0.159. The molecule has 1 aliphatic rings. The minimum atomic E-state index is -1.03. The summed E-state index contributed by atoms with van der Waals surface area (Å²) in [6.07, 6.45) is 0. The third kappa shape index (κ3) is 3.02. The van der Waals surface area contributed by atoms with Crippen molar-refractivity contribution in [2.45, 2.75) is 12.5 Å². The quantitative estimate of drug-likeness (QED) is 0.886. The molecule has 1 amide bonds. The SMILES string of the molecule is CC1(OCC(=O)O)CN(C(=O)c2cc(Cl)c(Cl)[nH]2)C1. The fraction of sp³-hybridized carbons (Fsp3) is 0.455. The van der Waals surface area contributed by atoms with Crippen LogP contribution in [0.5, 0.6) is 0 Å². The Morgan fingerprint density at radius 1 is 1.53 bits per heavy atom. The number of likely N-dealkylation sites (tertiary alicyclic amines) is 1. The number of H-pyrrole nitrogens is 1. The van der Waals surface area contributed by atoms with Crippen molar-refractivity contribution in [2.24, 2.45) is 0 Å². The van der Waals surface area contributed by atoms with Gasteiger partial charge in [-0.05, 0) is 13.0 Å². The van der Waals surface area contributed by atoms with Gasteiger partial charge in [-0.15, -0.1) is 0 Å². The molecule has 0 atom stereocenters. The molecule has 0 aliphatic carbocycles. The first-order valence-electron chi connectivity index (χ1n) is 5.50. The molecular formula is C11H12Cl2N2O4. The maximum atomic E-state index is 12.0. The number of hydrogen-bond acceptors (Lipinski definition) is 3. The second-order valence-electron chi connectivity index (χ2n) is 4.64. The zero-order valence-corrected chi connectivity index (χ0v) is 11.6. The minimum Gasteiger partial charge on any atom is -0.480 e. The van der Waals surface area contributed by atoms with Gasteiger partial charge >= 0.3 is 5.97 Å². The largest absolute Gasteiger partial charge is 0.480 e. The van der Waals surface area contributed by atoms with Gasteiger partial charge in [-0.25, -0.2) is 4.79 Å². The second kappa shape index (κ2) is 5.03. The molecule has 6 nitrogen and oxygen atoms in total. The van der Waals surface area contributed by atoms with Gasteiger partial charge in [-0.2, -0.15) is 0 Å². The van der Waals surface area contributed by atoms with Crippen molar-refractivity contribution in [2.75, 3.05) is 19.7 Å². The van der Waals surface area contributed by atoms with Crippen LogP contribution in [0.1, 0.15) is 17.4 Å². The Morgan fingerprint density at radius 2 is 2.16 bits per heavy atom. The van der Waals surface area contributed by atoms with Crippen LogP contribution in [-0.2, 0) is 9.53 Å². The fourth-order valence-corrected chi connectivity index (χ4v) is 2.23. The topological polar surface area (TPSA) is 82.6 Å². The van der Waals surface area contributed by atoms with Crippen LogP contribution in [0.25, 0.3) is 0 Å². The second-order valence-corrected chi connectivity index (χ2v) is 5.42. The predicted octanol–water partition coefficient (Wildman–Crippen LogP) is 1.64. The van der Waals surface area contributed by atoms with E-state index in [-0.39, 0.29) is 22.7 Å². The number of aromatic amines is 1. The van der Waals surface area contributed by atoms with Crippen molar-refractivity contribution in [1.29, 1.82) is 0 Å². The van der Waals surface area contributed by atoms with E-state index in [4.69, 9.17) is 33.0 Å². The van der Waals surface area contributed by atoms with Crippen molar-refractivity contribution in [3.8, 4) is 0 Å². The van der Waals surface area contributed by atoms with E-state index in [0.29, 0.717) is 18.8 Å². The number of rotatable bonds is 4. The molecule has 1 aromatic heterocycles. The van der Waals surface area contributed by atoms with Crippen LogP contribution in [0.3, 0.4) is 0 Å². The number of halogens is 2. The summed E-state index contributed by atoms with van der Waals surface area (Å²) in [7, 11) is 0.